The Kier molecular flexibility index (Phi) is 4.97. The summed E-state index contributed by atoms with van der Waals surface area (Å²) < 4.78 is 0. The minimum absolute atomic E-state index is 0.357. The summed E-state index contributed by atoms with van der Waals surface area (Å²) >= 11 is 0. The van der Waals surface area contributed by atoms with E-state index in [4.69, 9.17) is 0 Å². The molecule has 0 aliphatic rings. The van der Waals surface area contributed by atoms with Crippen LogP contribution in [0.15, 0.2) is 48.5 Å². The molecule has 0 bridgehead atoms. The fourth-order valence-electron chi connectivity index (χ4n) is 2.55. The van der Waals surface area contributed by atoms with Crippen LogP contribution in [0.4, 0.5) is 0 Å². The highest BCUT2D eigenvalue weighted by Crippen LogP contribution is 2.20. The van der Waals surface area contributed by atoms with Crippen molar-refractivity contribution in [3.05, 3.63) is 70.8 Å². The summed E-state index contributed by atoms with van der Waals surface area (Å²) in [6.07, 6.45) is 1.10. The van der Waals surface area contributed by atoms with Gasteiger partial charge in [-0.1, -0.05) is 61.0 Å². The van der Waals surface area contributed by atoms with Gasteiger partial charge in [0.15, 0.2) is 0 Å². The quantitative estimate of drug-likeness (QED) is 0.806. The Morgan fingerprint density at radius 3 is 2.15 bits per heavy atom. The summed E-state index contributed by atoms with van der Waals surface area (Å²) in [4.78, 5) is 0. The van der Waals surface area contributed by atoms with E-state index in [1.165, 1.54) is 22.3 Å². The van der Waals surface area contributed by atoms with Gasteiger partial charge in [0.1, 0.15) is 0 Å². The molecular formula is C19H25N. The molecule has 0 amide bonds. The summed E-state index contributed by atoms with van der Waals surface area (Å²) in [5, 5.41) is 3.68. The van der Waals surface area contributed by atoms with Gasteiger partial charge in [0.05, 0.1) is 0 Å². The molecule has 2 aromatic rings. The molecule has 2 rings (SSSR count). The zero-order chi connectivity index (χ0) is 14.5. The van der Waals surface area contributed by atoms with Crippen LogP contribution in [0.3, 0.4) is 0 Å². The third-order valence-electron chi connectivity index (χ3n) is 3.93. The van der Waals surface area contributed by atoms with Crippen LogP contribution in [0.1, 0.15) is 55.1 Å². The minimum atomic E-state index is 0.357. The maximum absolute atomic E-state index is 3.68. The number of aryl methyl sites for hydroxylation is 2. The molecule has 0 aliphatic heterocycles. The van der Waals surface area contributed by atoms with Crippen molar-refractivity contribution in [3.63, 3.8) is 0 Å². The maximum atomic E-state index is 3.68. The molecule has 0 spiro atoms. The molecule has 2 aromatic carbocycles. The lowest BCUT2D eigenvalue weighted by molar-refractivity contribution is 0.494. The standard InChI is InChI=1S/C19H25N/c1-5-17-9-11-18(12-10-17)15(3)20-16(4)19-8-6-7-14(2)13-19/h6-13,15-16,20H,5H2,1-4H3/t15?,16-/m0/s1. The molecule has 0 aliphatic carbocycles. The summed E-state index contributed by atoms with van der Waals surface area (Å²) in [6, 6.07) is 18.4. The van der Waals surface area contributed by atoms with Gasteiger partial charge in [0.2, 0.25) is 0 Å². The summed E-state index contributed by atoms with van der Waals surface area (Å²) in [5.74, 6) is 0. The Bertz CT molecular complexity index is 542. The van der Waals surface area contributed by atoms with Crippen LogP contribution in [-0.2, 0) is 6.42 Å². The van der Waals surface area contributed by atoms with Crippen LogP contribution >= 0.6 is 0 Å². The Labute approximate surface area is 123 Å². The normalized spacial score (nSPS) is 14.0. The van der Waals surface area contributed by atoms with Gasteiger partial charge in [0, 0.05) is 12.1 Å². The lowest BCUT2D eigenvalue weighted by Gasteiger charge is -2.21. The van der Waals surface area contributed by atoms with Crippen molar-refractivity contribution in [1.82, 2.24) is 5.32 Å². The van der Waals surface area contributed by atoms with Crippen LogP contribution in [0.5, 0.6) is 0 Å². The Morgan fingerprint density at radius 1 is 0.900 bits per heavy atom. The highest BCUT2D eigenvalue weighted by Gasteiger charge is 2.11. The highest BCUT2D eigenvalue weighted by molar-refractivity contribution is 5.27. The molecule has 0 saturated carbocycles. The van der Waals surface area contributed by atoms with Gasteiger partial charge in [-0.05, 0) is 43.9 Å². The molecule has 0 saturated heterocycles. The molecular weight excluding hydrogens is 242 g/mol. The van der Waals surface area contributed by atoms with Crippen molar-refractivity contribution < 1.29 is 0 Å². The van der Waals surface area contributed by atoms with Gasteiger partial charge in [-0.25, -0.2) is 0 Å². The van der Waals surface area contributed by atoms with Gasteiger partial charge >= 0.3 is 0 Å². The van der Waals surface area contributed by atoms with Crippen LogP contribution in [0.2, 0.25) is 0 Å². The zero-order valence-corrected chi connectivity index (χ0v) is 13.0. The third-order valence-corrected chi connectivity index (χ3v) is 3.93. The number of hydrogen-bond donors (Lipinski definition) is 1. The Morgan fingerprint density at radius 2 is 1.55 bits per heavy atom. The fraction of sp³-hybridized carbons (Fsp3) is 0.368. The first-order chi connectivity index (χ1) is 9.60. The molecule has 1 nitrogen and oxygen atoms in total. The second-order valence-corrected chi connectivity index (χ2v) is 5.62. The van der Waals surface area contributed by atoms with Crippen LogP contribution in [0.25, 0.3) is 0 Å². The van der Waals surface area contributed by atoms with Gasteiger partial charge in [0.25, 0.3) is 0 Å². The molecule has 1 unspecified atom stereocenters. The van der Waals surface area contributed by atoms with E-state index in [1.807, 2.05) is 0 Å². The monoisotopic (exact) mass is 267 g/mol. The molecule has 1 N–H and O–H groups in total. The first-order valence-electron chi connectivity index (χ1n) is 7.51. The summed E-state index contributed by atoms with van der Waals surface area (Å²) in [5.41, 5.74) is 5.41. The van der Waals surface area contributed by atoms with E-state index in [9.17, 15) is 0 Å². The lowest BCUT2D eigenvalue weighted by atomic mass is 10.0. The SMILES string of the molecule is CCc1ccc(C(C)N[C@@H](C)c2cccc(C)c2)cc1. The van der Waals surface area contributed by atoms with Crippen LogP contribution < -0.4 is 5.32 Å². The van der Waals surface area contributed by atoms with E-state index >= 15 is 0 Å². The van der Waals surface area contributed by atoms with Gasteiger partial charge in [-0.15, -0.1) is 0 Å². The van der Waals surface area contributed by atoms with Crippen molar-refractivity contribution >= 4 is 0 Å². The predicted molar refractivity (Wildman–Crippen MR) is 87.0 cm³/mol. The van der Waals surface area contributed by atoms with Crippen molar-refractivity contribution in [3.8, 4) is 0 Å². The Balaban J connectivity index is 2.04. The van der Waals surface area contributed by atoms with E-state index in [0.717, 1.165) is 6.42 Å². The second kappa shape index (κ2) is 6.71. The van der Waals surface area contributed by atoms with Gasteiger partial charge in [-0.2, -0.15) is 0 Å². The summed E-state index contributed by atoms with van der Waals surface area (Å²) in [6.45, 7) is 8.79. The van der Waals surface area contributed by atoms with Crippen molar-refractivity contribution in [2.45, 2.75) is 46.2 Å². The lowest BCUT2D eigenvalue weighted by Crippen LogP contribution is -2.22. The van der Waals surface area contributed by atoms with E-state index in [2.05, 4.69) is 81.5 Å². The molecule has 106 valence electrons. The molecule has 0 radical (unpaired) electrons. The van der Waals surface area contributed by atoms with Crippen LogP contribution in [-0.4, -0.2) is 0 Å². The number of rotatable bonds is 5. The van der Waals surface area contributed by atoms with E-state index in [-0.39, 0.29) is 0 Å². The first kappa shape index (κ1) is 14.8. The molecule has 0 heterocycles. The van der Waals surface area contributed by atoms with Gasteiger partial charge in [-0.3, -0.25) is 0 Å². The molecule has 0 aromatic heterocycles. The van der Waals surface area contributed by atoms with Crippen LogP contribution in [0, 0.1) is 6.92 Å². The van der Waals surface area contributed by atoms with E-state index in [1.54, 1.807) is 0 Å². The Hall–Kier alpha value is -1.60. The van der Waals surface area contributed by atoms with E-state index < -0.39 is 0 Å². The molecule has 0 fully saturated rings. The topological polar surface area (TPSA) is 12.0 Å². The highest BCUT2D eigenvalue weighted by atomic mass is 14.9. The predicted octanol–water partition coefficient (Wildman–Crippen LogP) is 4.97. The number of nitrogens with one attached hydrogen (secondary N) is 1. The molecule has 20 heavy (non-hydrogen) atoms. The largest absolute Gasteiger partial charge is 0.304 e. The molecule has 1 heteroatoms. The summed E-state index contributed by atoms with van der Waals surface area (Å²) in [7, 11) is 0. The fourth-order valence-corrected chi connectivity index (χ4v) is 2.55. The molecule has 2 atom stereocenters. The average Bonchev–Trinajstić information content (AvgIpc) is 2.47. The zero-order valence-electron chi connectivity index (χ0n) is 13.0. The maximum Gasteiger partial charge on any atom is 0.0297 e. The van der Waals surface area contributed by atoms with Crippen molar-refractivity contribution in [1.29, 1.82) is 0 Å². The minimum Gasteiger partial charge on any atom is -0.304 e. The first-order valence-corrected chi connectivity index (χ1v) is 7.51. The smallest absolute Gasteiger partial charge is 0.0297 e. The van der Waals surface area contributed by atoms with Gasteiger partial charge < -0.3 is 5.32 Å². The van der Waals surface area contributed by atoms with E-state index in [0.29, 0.717) is 12.1 Å². The average molecular weight is 267 g/mol. The number of benzene rings is 2. The van der Waals surface area contributed by atoms with Crippen molar-refractivity contribution in [2.75, 3.05) is 0 Å². The third kappa shape index (κ3) is 3.71. The second-order valence-electron chi connectivity index (χ2n) is 5.62. The van der Waals surface area contributed by atoms with Crippen molar-refractivity contribution in [2.24, 2.45) is 0 Å². The number of hydrogen-bond acceptors (Lipinski definition) is 1.